The van der Waals surface area contributed by atoms with Crippen LogP contribution in [0.5, 0.6) is 5.75 Å². The van der Waals surface area contributed by atoms with Crippen LogP contribution >= 0.6 is 0 Å². The third-order valence-electron chi connectivity index (χ3n) is 6.00. The molecule has 1 aromatic heterocycles. The number of aromatic nitrogens is 1. The van der Waals surface area contributed by atoms with E-state index in [-0.39, 0.29) is 11.8 Å². The number of carbonyl (C=O) groups is 1. The maximum atomic E-state index is 12.9. The SMILES string of the molecule is COc1cccc2c1C(C(=O)Nc1ccc(N3CCC(N(C)C)C3)cn1)CC2. The lowest BCUT2D eigenvalue weighted by Gasteiger charge is -2.21. The first-order valence-corrected chi connectivity index (χ1v) is 9.91. The summed E-state index contributed by atoms with van der Waals surface area (Å²) < 4.78 is 5.48. The Morgan fingerprint density at radius 3 is 2.79 bits per heavy atom. The molecule has 2 heterocycles. The van der Waals surface area contributed by atoms with Gasteiger partial charge in [-0.15, -0.1) is 0 Å². The molecular formula is C22H28N4O2. The van der Waals surface area contributed by atoms with E-state index in [9.17, 15) is 4.79 Å². The summed E-state index contributed by atoms with van der Waals surface area (Å²) in [6.07, 6.45) is 4.73. The van der Waals surface area contributed by atoms with E-state index in [1.54, 1.807) is 7.11 Å². The zero-order chi connectivity index (χ0) is 19.7. The summed E-state index contributed by atoms with van der Waals surface area (Å²) in [7, 11) is 5.91. The molecule has 2 atom stereocenters. The molecule has 148 valence electrons. The molecule has 0 radical (unpaired) electrons. The van der Waals surface area contributed by atoms with E-state index < -0.39 is 0 Å². The Labute approximate surface area is 166 Å². The second-order valence-electron chi connectivity index (χ2n) is 7.87. The van der Waals surface area contributed by atoms with E-state index in [2.05, 4.69) is 40.3 Å². The molecule has 0 spiro atoms. The second kappa shape index (κ2) is 7.80. The molecule has 1 N–H and O–H groups in total. The number of pyridine rings is 1. The number of likely N-dealkylation sites (N-methyl/N-ethyl adjacent to an activating group) is 1. The third kappa shape index (κ3) is 3.56. The van der Waals surface area contributed by atoms with Crippen LogP contribution in [0.15, 0.2) is 36.5 Å². The normalized spacial score (nSPS) is 21.1. The van der Waals surface area contributed by atoms with E-state index in [1.165, 1.54) is 5.56 Å². The molecule has 1 aliphatic carbocycles. The number of amides is 1. The number of anilines is 2. The van der Waals surface area contributed by atoms with Gasteiger partial charge in [0.2, 0.25) is 5.91 Å². The number of ether oxygens (including phenoxy) is 1. The number of methoxy groups -OCH3 is 1. The maximum Gasteiger partial charge on any atom is 0.233 e. The Bertz CT molecular complexity index is 850. The van der Waals surface area contributed by atoms with Crippen LogP contribution in [0.1, 0.15) is 29.9 Å². The zero-order valence-electron chi connectivity index (χ0n) is 16.8. The fraction of sp³-hybridized carbons (Fsp3) is 0.455. The van der Waals surface area contributed by atoms with Crippen molar-refractivity contribution in [3.8, 4) is 5.75 Å². The third-order valence-corrected chi connectivity index (χ3v) is 6.00. The van der Waals surface area contributed by atoms with Crippen molar-refractivity contribution in [1.29, 1.82) is 0 Å². The number of aryl methyl sites for hydroxylation is 1. The maximum absolute atomic E-state index is 12.9. The number of fused-ring (bicyclic) bond motifs is 1. The van der Waals surface area contributed by atoms with Gasteiger partial charge in [-0.3, -0.25) is 4.79 Å². The molecule has 1 fully saturated rings. The number of rotatable bonds is 5. The minimum absolute atomic E-state index is 0.0163. The van der Waals surface area contributed by atoms with Gasteiger partial charge in [0.25, 0.3) is 0 Å². The Kier molecular flexibility index (Phi) is 5.22. The Morgan fingerprint density at radius 2 is 2.11 bits per heavy atom. The number of hydrogen-bond donors (Lipinski definition) is 1. The molecule has 0 bridgehead atoms. The van der Waals surface area contributed by atoms with Gasteiger partial charge in [0, 0.05) is 24.7 Å². The van der Waals surface area contributed by atoms with Crippen LogP contribution < -0.4 is 15.0 Å². The highest BCUT2D eigenvalue weighted by Gasteiger charge is 2.32. The average Bonchev–Trinajstić information content (AvgIpc) is 3.36. The summed E-state index contributed by atoms with van der Waals surface area (Å²) in [5.41, 5.74) is 3.33. The quantitative estimate of drug-likeness (QED) is 0.864. The van der Waals surface area contributed by atoms with Gasteiger partial charge >= 0.3 is 0 Å². The molecule has 1 aliphatic heterocycles. The van der Waals surface area contributed by atoms with Crippen molar-refractivity contribution in [3.05, 3.63) is 47.7 Å². The summed E-state index contributed by atoms with van der Waals surface area (Å²) in [6, 6.07) is 10.5. The van der Waals surface area contributed by atoms with E-state index in [1.807, 2.05) is 30.5 Å². The number of carbonyl (C=O) groups excluding carboxylic acids is 1. The Morgan fingerprint density at radius 1 is 1.25 bits per heavy atom. The van der Waals surface area contributed by atoms with Crippen molar-refractivity contribution in [1.82, 2.24) is 9.88 Å². The average molecular weight is 380 g/mol. The van der Waals surface area contributed by atoms with Gasteiger partial charge in [0.05, 0.1) is 24.9 Å². The van der Waals surface area contributed by atoms with Gasteiger partial charge in [-0.2, -0.15) is 0 Å². The predicted octanol–water partition coefficient (Wildman–Crippen LogP) is 2.90. The van der Waals surface area contributed by atoms with E-state index >= 15 is 0 Å². The Balaban J connectivity index is 1.43. The van der Waals surface area contributed by atoms with E-state index in [0.29, 0.717) is 11.9 Å². The summed E-state index contributed by atoms with van der Waals surface area (Å²) >= 11 is 0. The first-order valence-electron chi connectivity index (χ1n) is 9.91. The number of benzene rings is 1. The van der Waals surface area contributed by atoms with Crippen LogP contribution in [-0.4, -0.2) is 56.1 Å². The lowest BCUT2D eigenvalue weighted by Crippen LogP contribution is -2.31. The molecule has 2 aliphatic rings. The molecule has 0 saturated carbocycles. The predicted molar refractivity (Wildman–Crippen MR) is 111 cm³/mol. The molecule has 28 heavy (non-hydrogen) atoms. The Hall–Kier alpha value is -2.60. The van der Waals surface area contributed by atoms with Gasteiger partial charge in [-0.25, -0.2) is 4.98 Å². The molecule has 2 aromatic rings. The zero-order valence-corrected chi connectivity index (χ0v) is 16.8. The number of nitrogens with zero attached hydrogens (tertiary/aromatic N) is 3. The highest BCUT2D eigenvalue weighted by atomic mass is 16.5. The fourth-order valence-corrected chi connectivity index (χ4v) is 4.35. The summed E-state index contributed by atoms with van der Waals surface area (Å²) in [5, 5.41) is 2.99. The molecule has 2 unspecified atom stereocenters. The molecular weight excluding hydrogens is 352 g/mol. The van der Waals surface area contributed by atoms with Gasteiger partial charge in [-0.1, -0.05) is 12.1 Å². The van der Waals surface area contributed by atoms with Gasteiger partial charge < -0.3 is 19.9 Å². The van der Waals surface area contributed by atoms with Crippen molar-refractivity contribution in [3.63, 3.8) is 0 Å². The van der Waals surface area contributed by atoms with Crippen molar-refractivity contribution in [2.45, 2.75) is 31.2 Å². The number of hydrogen-bond acceptors (Lipinski definition) is 5. The first-order chi connectivity index (χ1) is 13.6. The lowest BCUT2D eigenvalue weighted by molar-refractivity contribution is -0.117. The van der Waals surface area contributed by atoms with Crippen molar-refractivity contribution in [2.75, 3.05) is 44.5 Å². The smallest absolute Gasteiger partial charge is 0.233 e. The largest absolute Gasteiger partial charge is 0.496 e. The molecule has 1 aromatic carbocycles. The van der Waals surface area contributed by atoms with E-state index in [4.69, 9.17) is 4.74 Å². The lowest BCUT2D eigenvalue weighted by atomic mass is 9.99. The summed E-state index contributed by atoms with van der Waals surface area (Å²) in [5.74, 6) is 1.19. The minimum atomic E-state index is -0.188. The molecule has 1 amide bonds. The standard InChI is InChI=1S/C22H28N4O2/c1-25(2)17-11-12-26(14-17)16-8-10-20(23-13-16)24-22(27)18-9-7-15-5-4-6-19(28-3)21(15)18/h4-6,8,10,13,17-18H,7,9,11-12,14H2,1-3H3,(H,23,24,27). The van der Waals surface area contributed by atoms with Crippen molar-refractivity contribution >= 4 is 17.4 Å². The second-order valence-corrected chi connectivity index (χ2v) is 7.87. The van der Waals surface area contributed by atoms with Crippen molar-refractivity contribution in [2.24, 2.45) is 0 Å². The number of nitrogens with one attached hydrogen (secondary N) is 1. The fourth-order valence-electron chi connectivity index (χ4n) is 4.35. The van der Waals surface area contributed by atoms with Crippen LogP contribution in [0.4, 0.5) is 11.5 Å². The summed E-state index contributed by atoms with van der Waals surface area (Å²) in [6.45, 7) is 2.05. The molecule has 6 heteroatoms. The van der Waals surface area contributed by atoms with Crippen molar-refractivity contribution < 1.29 is 9.53 Å². The van der Waals surface area contributed by atoms with Gasteiger partial charge in [0.1, 0.15) is 11.6 Å². The topological polar surface area (TPSA) is 57.7 Å². The van der Waals surface area contributed by atoms with Crippen LogP contribution in [0.2, 0.25) is 0 Å². The minimum Gasteiger partial charge on any atom is -0.496 e. The van der Waals surface area contributed by atoms with Gasteiger partial charge in [0.15, 0.2) is 0 Å². The highest BCUT2D eigenvalue weighted by Crippen LogP contribution is 2.40. The van der Waals surface area contributed by atoms with E-state index in [0.717, 1.165) is 49.4 Å². The van der Waals surface area contributed by atoms with Crippen LogP contribution in [0.25, 0.3) is 0 Å². The summed E-state index contributed by atoms with van der Waals surface area (Å²) in [4.78, 5) is 22.0. The van der Waals surface area contributed by atoms with Crippen LogP contribution in [0, 0.1) is 0 Å². The first kappa shape index (κ1) is 18.7. The van der Waals surface area contributed by atoms with Crippen LogP contribution in [0.3, 0.4) is 0 Å². The molecule has 6 nitrogen and oxygen atoms in total. The van der Waals surface area contributed by atoms with Crippen LogP contribution in [-0.2, 0) is 11.2 Å². The van der Waals surface area contributed by atoms with Gasteiger partial charge in [-0.05, 0) is 57.1 Å². The molecule has 4 rings (SSSR count). The monoisotopic (exact) mass is 380 g/mol. The molecule has 1 saturated heterocycles. The highest BCUT2D eigenvalue weighted by molar-refractivity contribution is 5.96.